The van der Waals surface area contributed by atoms with Crippen molar-refractivity contribution < 1.29 is 18.3 Å². The van der Waals surface area contributed by atoms with Gasteiger partial charge in [0.05, 0.1) is 15.6 Å². The Hall–Kier alpha value is -2.68. The molecule has 140 valence electrons. The van der Waals surface area contributed by atoms with E-state index in [0.29, 0.717) is 11.3 Å². The quantitative estimate of drug-likeness (QED) is 0.601. The second kappa shape index (κ2) is 6.80. The summed E-state index contributed by atoms with van der Waals surface area (Å²) in [6.45, 7) is 1.46. The molecular formula is C18H16ClN3O4S. The molecule has 0 saturated heterocycles. The van der Waals surface area contributed by atoms with Gasteiger partial charge in [0.1, 0.15) is 11.1 Å². The third-order valence-electron chi connectivity index (χ3n) is 4.43. The number of hydrogen-bond donors (Lipinski definition) is 3. The SMILES string of the molecule is CC(C(=O)O)(c1ccc(S(N)(=O)=O)cc1)c1n[nH]c(-c2ccccc2)c1Cl. The Morgan fingerprint density at radius 3 is 2.26 bits per heavy atom. The predicted octanol–water partition coefficient (Wildman–Crippen LogP) is 2.77. The molecule has 0 bridgehead atoms. The van der Waals surface area contributed by atoms with Crippen LogP contribution in [0.2, 0.25) is 5.02 Å². The van der Waals surface area contributed by atoms with Crippen LogP contribution >= 0.6 is 11.6 Å². The lowest BCUT2D eigenvalue weighted by molar-refractivity contribution is -0.141. The fraction of sp³-hybridized carbons (Fsp3) is 0.111. The third kappa shape index (κ3) is 3.34. The van der Waals surface area contributed by atoms with E-state index in [-0.39, 0.29) is 15.6 Å². The lowest BCUT2D eigenvalue weighted by Gasteiger charge is -2.24. The Kier molecular flexibility index (Phi) is 4.81. The molecule has 0 amide bonds. The molecule has 0 spiro atoms. The van der Waals surface area contributed by atoms with E-state index in [1.165, 1.54) is 31.2 Å². The predicted molar refractivity (Wildman–Crippen MR) is 101 cm³/mol. The van der Waals surface area contributed by atoms with E-state index in [1.54, 1.807) is 0 Å². The number of aromatic amines is 1. The normalized spacial score (nSPS) is 13.9. The Labute approximate surface area is 160 Å². The molecule has 1 unspecified atom stereocenters. The molecule has 0 aliphatic carbocycles. The molecular weight excluding hydrogens is 390 g/mol. The number of aliphatic carboxylic acids is 1. The molecule has 7 nitrogen and oxygen atoms in total. The number of nitrogens with zero attached hydrogens (tertiary/aromatic N) is 1. The molecule has 0 saturated carbocycles. The number of nitrogens with one attached hydrogen (secondary N) is 1. The van der Waals surface area contributed by atoms with Crippen molar-refractivity contribution >= 4 is 27.6 Å². The molecule has 0 aliphatic rings. The maximum atomic E-state index is 12.1. The van der Waals surface area contributed by atoms with Crippen LogP contribution in [0.1, 0.15) is 18.2 Å². The van der Waals surface area contributed by atoms with Crippen molar-refractivity contribution in [1.29, 1.82) is 0 Å². The lowest BCUT2D eigenvalue weighted by atomic mass is 9.79. The number of halogens is 1. The topological polar surface area (TPSA) is 126 Å². The van der Waals surface area contributed by atoms with Gasteiger partial charge in [0, 0.05) is 5.56 Å². The monoisotopic (exact) mass is 405 g/mol. The molecule has 3 rings (SSSR count). The minimum absolute atomic E-state index is 0.114. The zero-order valence-electron chi connectivity index (χ0n) is 14.2. The molecule has 0 fully saturated rings. The zero-order valence-corrected chi connectivity index (χ0v) is 15.8. The maximum absolute atomic E-state index is 12.1. The van der Waals surface area contributed by atoms with Crippen LogP contribution in [0.3, 0.4) is 0 Å². The van der Waals surface area contributed by atoms with E-state index in [2.05, 4.69) is 10.2 Å². The molecule has 1 atom stereocenters. The highest BCUT2D eigenvalue weighted by atomic mass is 35.5. The van der Waals surface area contributed by atoms with E-state index in [0.717, 1.165) is 5.56 Å². The fourth-order valence-electron chi connectivity index (χ4n) is 2.80. The molecule has 2 aromatic carbocycles. The summed E-state index contributed by atoms with van der Waals surface area (Å²) in [6.07, 6.45) is 0. The van der Waals surface area contributed by atoms with E-state index >= 15 is 0 Å². The van der Waals surface area contributed by atoms with Gasteiger partial charge < -0.3 is 5.11 Å². The number of aromatic nitrogens is 2. The van der Waals surface area contributed by atoms with Crippen LogP contribution in [0.25, 0.3) is 11.3 Å². The first-order chi connectivity index (χ1) is 12.7. The van der Waals surface area contributed by atoms with Crippen LogP contribution in [0.15, 0.2) is 59.5 Å². The van der Waals surface area contributed by atoms with Crippen LogP contribution in [-0.4, -0.2) is 29.7 Å². The summed E-state index contributed by atoms with van der Waals surface area (Å²) in [6, 6.07) is 14.4. The highest BCUT2D eigenvalue weighted by Gasteiger charge is 2.42. The number of primary sulfonamides is 1. The second-order valence-electron chi connectivity index (χ2n) is 6.13. The minimum Gasteiger partial charge on any atom is -0.480 e. The van der Waals surface area contributed by atoms with Crippen molar-refractivity contribution in [2.24, 2.45) is 5.14 Å². The molecule has 1 heterocycles. The Morgan fingerprint density at radius 2 is 1.74 bits per heavy atom. The lowest BCUT2D eigenvalue weighted by Crippen LogP contribution is -2.34. The fourth-order valence-corrected chi connectivity index (χ4v) is 3.69. The number of sulfonamides is 1. The average molecular weight is 406 g/mol. The van der Waals surface area contributed by atoms with Gasteiger partial charge in [0.2, 0.25) is 10.0 Å². The standard InChI is InChI=1S/C18H16ClN3O4S/c1-18(17(23)24,12-7-9-13(10-8-12)27(20,25)26)16-14(19)15(21-22-16)11-5-3-2-4-6-11/h2-10H,1H3,(H,21,22)(H,23,24)(H2,20,25,26). The van der Waals surface area contributed by atoms with Crippen molar-refractivity contribution in [3.63, 3.8) is 0 Å². The Morgan fingerprint density at radius 1 is 1.15 bits per heavy atom. The number of H-pyrrole nitrogens is 1. The van der Waals surface area contributed by atoms with Crippen molar-refractivity contribution in [3.8, 4) is 11.3 Å². The minimum atomic E-state index is -3.89. The molecule has 3 aromatic rings. The maximum Gasteiger partial charge on any atom is 0.320 e. The largest absolute Gasteiger partial charge is 0.480 e. The van der Waals surface area contributed by atoms with E-state index in [4.69, 9.17) is 16.7 Å². The average Bonchev–Trinajstić information content (AvgIpc) is 3.03. The van der Waals surface area contributed by atoms with Gasteiger partial charge >= 0.3 is 5.97 Å². The van der Waals surface area contributed by atoms with Gasteiger partial charge in [-0.2, -0.15) is 5.10 Å². The molecule has 9 heteroatoms. The van der Waals surface area contributed by atoms with E-state index < -0.39 is 21.4 Å². The van der Waals surface area contributed by atoms with Crippen molar-refractivity contribution in [3.05, 3.63) is 70.9 Å². The van der Waals surface area contributed by atoms with Crippen LogP contribution in [0.4, 0.5) is 0 Å². The Balaban J connectivity index is 2.14. The number of carboxylic acid groups (broad SMARTS) is 1. The first kappa shape index (κ1) is 19.1. The van der Waals surface area contributed by atoms with Crippen molar-refractivity contribution in [1.82, 2.24) is 10.2 Å². The van der Waals surface area contributed by atoms with Crippen LogP contribution < -0.4 is 5.14 Å². The van der Waals surface area contributed by atoms with Crippen molar-refractivity contribution in [2.75, 3.05) is 0 Å². The first-order valence-corrected chi connectivity index (χ1v) is 9.74. The van der Waals surface area contributed by atoms with Gasteiger partial charge in [-0.05, 0) is 24.6 Å². The Bertz CT molecular complexity index is 1100. The summed E-state index contributed by atoms with van der Waals surface area (Å²) in [7, 11) is -3.89. The summed E-state index contributed by atoms with van der Waals surface area (Å²) in [5, 5.41) is 22.1. The third-order valence-corrected chi connectivity index (χ3v) is 5.73. The smallest absolute Gasteiger partial charge is 0.320 e. The summed E-state index contributed by atoms with van der Waals surface area (Å²) < 4.78 is 22.9. The number of carbonyl (C=O) groups is 1. The van der Waals surface area contributed by atoms with Crippen LogP contribution in [0, 0.1) is 0 Å². The van der Waals surface area contributed by atoms with Crippen molar-refractivity contribution in [2.45, 2.75) is 17.2 Å². The van der Waals surface area contributed by atoms with Gasteiger partial charge in [-0.1, -0.05) is 54.1 Å². The van der Waals surface area contributed by atoms with E-state index in [9.17, 15) is 18.3 Å². The summed E-state index contributed by atoms with van der Waals surface area (Å²) in [4.78, 5) is 12.0. The first-order valence-electron chi connectivity index (χ1n) is 7.82. The van der Waals surface area contributed by atoms with Crippen LogP contribution in [0.5, 0.6) is 0 Å². The second-order valence-corrected chi connectivity index (χ2v) is 8.07. The summed E-state index contributed by atoms with van der Waals surface area (Å²) in [5.41, 5.74) is 0.103. The summed E-state index contributed by atoms with van der Waals surface area (Å²) >= 11 is 6.47. The number of nitrogens with two attached hydrogens (primary N) is 1. The molecule has 4 N–H and O–H groups in total. The number of rotatable bonds is 5. The molecule has 0 radical (unpaired) electrons. The highest BCUT2D eigenvalue weighted by molar-refractivity contribution is 7.89. The number of hydrogen-bond acceptors (Lipinski definition) is 4. The molecule has 0 aliphatic heterocycles. The van der Waals surface area contributed by atoms with Gasteiger partial charge in [0.15, 0.2) is 0 Å². The van der Waals surface area contributed by atoms with Gasteiger partial charge in [-0.15, -0.1) is 0 Å². The molecule has 27 heavy (non-hydrogen) atoms. The van der Waals surface area contributed by atoms with Gasteiger partial charge in [-0.3, -0.25) is 9.89 Å². The van der Waals surface area contributed by atoms with Gasteiger partial charge in [0.25, 0.3) is 0 Å². The summed E-state index contributed by atoms with van der Waals surface area (Å²) in [5.74, 6) is -1.18. The molecule has 1 aromatic heterocycles. The number of benzene rings is 2. The number of carboxylic acids is 1. The van der Waals surface area contributed by atoms with Gasteiger partial charge in [-0.25, -0.2) is 13.6 Å². The zero-order chi connectivity index (χ0) is 19.8. The van der Waals surface area contributed by atoms with E-state index in [1.807, 2.05) is 30.3 Å². The van der Waals surface area contributed by atoms with Crippen LogP contribution in [-0.2, 0) is 20.2 Å². The highest BCUT2D eigenvalue weighted by Crippen LogP contribution is 2.39.